The number of anilines is 2. The molecular weight excluding hydrogens is 555 g/mol. The number of carbonyl (C=O) groups excluding carboxylic acids is 1. The fourth-order valence-corrected chi connectivity index (χ4v) is 7.28. The van der Waals surface area contributed by atoms with Crippen LogP contribution >= 0.6 is 11.8 Å². The number of likely N-dealkylation sites (tertiary alicyclic amines) is 1. The second kappa shape index (κ2) is 10.9. The van der Waals surface area contributed by atoms with Crippen LogP contribution in [0, 0.1) is 0 Å². The van der Waals surface area contributed by atoms with Crippen LogP contribution in [-0.2, 0) is 20.0 Å². The zero-order valence-electron chi connectivity index (χ0n) is 21.1. The zero-order valence-corrected chi connectivity index (χ0v) is 23.6. The van der Waals surface area contributed by atoms with Crippen molar-refractivity contribution in [1.82, 2.24) is 4.90 Å². The van der Waals surface area contributed by atoms with Crippen LogP contribution in [0.5, 0.6) is 0 Å². The molecule has 1 fully saturated rings. The van der Waals surface area contributed by atoms with Gasteiger partial charge < -0.3 is 4.90 Å². The number of thioether (sulfide) groups is 1. The number of nitrogens with one attached hydrogen (secondary N) is 2. The third-order valence-corrected chi connectivity index (χ3v) is 10.1. The van der Waals surface area contributed by atoms with Gasteiger partial charge in [-0.05, 0) is 73.0 Å². The van der Waals surface area contributed by atoms with Crippen molar-refractivity contribution in [3.05, 3.63) is 90.5 Å². The van der Waals surface area contributed by atoms with Crippen molar-refractivity contribution >= 4 is 59.9 Å². The number of amides is 1. The Bertz CT molecular complexity index is 1740. The lowest BCUT2D eigenvalue weighted by Crippen LogP contribution is -2.28. The van der Waals surface area contributed by atoms with Gasteiger partial charge in [-0.3, -0.25) is 14.2 Å². The molecule has 0 saturated carbocycles. The highest BCUT2D eigenvalue weighted by atomic mass is 32.2. The number of benzene rings is 4. The average molecular weight is 582 g/mol. The van der Waals surface area contributed by atoms with Crippen LogP contribution in [0.1, 0.15) is 23.2 Å². The highest BCUT2D eigenvalue weighted by Gasteiger charge is 2.25. The Balaban J connectivity index is 1.36. The Morgan fingerprint density at radius 1 is 0.769 bits per heavy atom. The van der Waals surface area contributed by atoms with Gasteiger partial charge in [-0.1, -0.05) is 36.4 Å². The Hall–Kier alpha value is -3.54. The summed E-state index contributed by atoms with van der Waals surface area (Å²) in [5.41, 5.74) is 1.000. The van der Waals surface area contributed by atoms with Gasteiger partial charge in [0, 0.05) is 29.1 Å². The Morgan fingerprint density at radius 3 is 2.13 bits per heavy atom. The highest BCUT2D eigenvalue weighted by Crippen LogP contribution is 2.29. The zero-order chi connectivity index (χ0) is 27.6. The van der Waals surface area contributed by atoms with Gasteiger partial charge in [0.2, 0.25) is 0 Å². The summed E-state index contributed by atoms with van der Waals surface area (Å²) in [6.07, 6.45) is 3.71. The maximum Gasteiger partial charge on any atom is 0.261 e. The second-order valence-electron chi connectivity index (χ2n) is 9.12. The lowest BCUT2D eigenvalue weighted by molar-refractivity contribution is 0.0789. The van der Waals surface area contributed by atoms with Crippen molar-refractivity contribution in [2.24, 2.45) is 0 Å². The summed E-state index contributed by atoms with van der Waals surface area (Å²) >= 11 is 1.39. The summed E-state index contributed by atoms with van der Waals surface area (Å²) in [6.45, 7) is 1.32. The molecule has 11 heteroatoms. The van der Waals surface area contributed by atoms with Gasteiger partial charge in [-0.2, -0.15) is 0 Å². The van der Waals surface area contributed by atoms with Crippen molar-refractivity contribution in [2.75, 3.05) is 28.8 Å². The van der Waals surface area contributed by atoms with E-state index in [4.69, 9.17) is 0 Å². The van der Waals surface area contributed by atoms with Gasteiger partial charge in [-0.25, -0.2) is 16.8 Å². The molecule has 0 spiro atoms. The molecule has 0 unspecified atom stereocenters. The minimum atomic E-state index is -4.03. The summed E-state index contributed by atoms with van der Waals surface area (Å²) in [7, 11) is -7.95. The fraction of sp³-hybridized carbons (Fsp3) is 0.179. The van der Waals surface area contributed by atoms with Crippen molar-refractivity contribution in [3.8, 4) is 0 Å². The first-order valence-electron chi connectivity index (χ1n) is 12.3. The first-order chi connectivity index (χ1) is 18.7. The molecule has 2 N–H and O–H groups in total. The fourth-order valence-electron chi connectivity index (χ4n) is 4.55. The van der Waals surface area contributed by atoms with Gasteiger partial charge in [0.25, 0.3) is 26.0 Å². The predicted molar refractivity (Wildman–Crippen MR) is 155 cm³/mol. The number of hydrogen-bond donors (Lipinski definition) is 2. The predicted octanol–water partition coefficient (Wildman–Crippen LogP) is 5.40. The van der Waals surface area contributed by atoms with Crippen LogP contribution in [0.25, 0.3) is 10.8 Å². The van der Waals surface area contributed by atoms with E-state index in [0.29, 0.717) is 29.2 Å². The number of sulfonamides is 2. The second-order valence-corrected chi connectivity index (χ2v) is 13.3. The van der Waals surface area contributed by atoms with E-state index >= 15 is 0 Å². The molecule has 202 valence electrons. The van der Waals surface area contributed by atoms with E-state index in [-0.39, 0.29) is 21.4 Å². The molecule has 1 aliphatic rings. The molecule has 1 aliphatic heterocycles. The summed E-state index contributed by atoms with van der Waals surface area (Å²) in [5.74, 6) is -0.179. The van der Waals surface area contributed by atoms with Crippen molar-refractivity contribution in [1.29, 1.82) is 0 Å². The maximum atomic E-state index is 13.2. The van der Waals surface area contributed by atoms with Gasteiger partial charge in [-0.15, -0.1) is 11.8 Å². The molecule has 0 atom stereocenters. The number of fused-ring (bicyclic) bond motifs is 1. The molecule has 4 aromatic rings. The normalized spacial score (nSPS) is 13.9. The van der Waals surface area contributed by atoms with E-state index < -0.39 is 20.0 Å². The van der Waals surface area contributed by atoms with E-state index in [1.807, 2.05) is 36.6 Å². The van der Waals surface area contributed by atoms with E-state index in [9.17, 15) is 21.6 Å². The molecule has 39 heavy (non-hydrogen) atoms. The molecule has 0 bridgehead atoms. The molecule has 1 heterocycles. The molecule has 5 rings (SSSR count). The van der Waals surface area contributed by atoms with E-state index in [1.165, 1.54) is 48.2 Å². The number of hydrogen-bond acceptors (Lipinski definition) is 6. The van der Waals surface area contributed by atoms with Gasteiger partial charge in [0.15, 0.2) is 0 Å². The minimum absolute atomic E-state index is 0.0128. The summed E-state index contributed by atoms with van der Waals surface area (Å²) in [5, 5.41) is 1.67. The third kappa shape index (κ3) is 5.75. The molecule has 4 aromatic carbocycles. The minimum Gasteiger partial charge on any atom is -0.339 e. The monoisotopic (exact) mass is 581 g/mol. The van der Waals surface area contributed by atoms with Crippen LogP contribution in [0.15, 0.2) is 99.6 Å². The molecule has 0 radical (unpaired) electrons. The summed E-state index contributed by atoms with van der Waals surface area (Å²) in [6, 6.07) is 22.8. The third-order valence-electron chi connectivity index (χ3n) is 6.56. The first-order valence-corrected chi connectivity index (χ1v) is 16.5. The van der Waals surface area contributed by atoms with Crippen LogP contribution in [-0.4, -0.2) is 47.0 Å². The molecule has 0 aromatic heterocycles. The molecule has 8 nitrogen and oxygen atoms in total. The van der Waals surface area contributed by atoms with Crippen LogP contribution in [0.3, 0.4) is 0 Å². The van der Waals surface area contributed by atoms with Gasteiger partial charge in [0.05, 0.1) is 21.0 Å². The smallest absolute Gasteiger partial charge is 0.261 e. The largest absolute Gasteiger partial charge is 0.339 e. The van der Waals surface area contributed by atoms with Gasteiger partial charge in [0.1, 0.15) is 0 Å². The Kier molecular flexibility index (Phi) is 7.57. The van der Waals surface area contributed by atoms with Crippen LogP contribution in [0.2, 0.25) is 0 Å². The van der Waals surface area contributed by atoms with Crippen LogP contribution < -0.4 is 9.44 Å². The molecular formula is C28H27N3O5S3. The quantitative estimate of drug-likeness (QED) is 0.270. The SMILES string of the molecule is CSc1ccc(S(=O)(=O)Nc2ccc(S(=O)(=O)Nc3cccc4ccccc34)cc2)cc1C(=O)N1CCCC1. The van der Waals surface area contributed by atoms with Crippen LogP contribution in [0.4, 0.5) is 11.4 Å². The highest BCUT2D eigenvalue weighted by molar-refractivity contribution is 7.98. The van der Waals surface area contributed by atoms with E-state index in [2.05, 4.69) is 9.44 Å². The standard InChI is InChI=1S/C28H27N3O5S3/c1-37-27-16-15-23(19-25(27)28(32)31-17-4-5-18-31)39(35,36)29-21-11-13-22(14-12-21)38(33,34)30-26-10-6-8-20-7-2-3-9-24(20)26/h2-3,6-16,19,29-30H,4-5,17-18H2,1H3. The lowest BCUT2D eigenvalue weighted by Gasteiger charge is -2.18. The number of rotatable bonds is 8. The number of nitrogens with zero attached hydrogens (tertiary/aromatic N) is 1. The molecule has 1 saturated heterocycles. The number of carbonyl (C=O) groups is 1. The topological polar surface area (TPSA) is 113 Å². The van der Waals surface area contributed by atoms with Crippen molar-refractivity contribution in [2.45, 2.75) is 27.5 Å². The average Bonchev–Trinajstić information content (AvgIpc) is 3.48. The van der Waals surface area contributed by atoms with Gasteiger partial charge >= 0.3 is 0 Å². The maximum absolute atomic E-state index is 13.2. The van der Waals surface area contributed by atoms with E-state index in [0.717, 1.165) is 23.6 Å². The Labute approximate surface area is 232 Å². The summed E-state index contributed by atoms with van der Waals surface area (Å²) < 4.78 is 57.5. The summed E-state index contributed by atoms with van der Waals surface area (Å²) in [4.78, 5) is 15.4. The molecule has 0 aliphatic carbocycles. The lowest BCUT2D eigenvalue weighted by atomic mass is 10.1. The Morgan fingerprint density at radius 2 is 1.41 bits per heavy atom. The van der Waals surface area contributed by atoms with Crippen molar-refractivity contribution in [3.63, 3.8) is 0 Å². The van der Waals surface area contributed by atoms with E-state index in [1.54, 1.807) is 23.1 Å². The first kappa shape index (κ1) is 27.0. The van der Waals surface area contributed by atoms with Crippen molar-refractivity contribution < 1.29 is 21.6 Å². The molecule has 1 amide bonds.